The number of carboxylic acid groups (broad SMARTS) is 1. The van der Waals surface area contributed by atoms with Crippen molar-refractivity contribution in [1.82, 2.24) is 9.78 Å². The summed E-state index contributed by atoms with van der Waals surface area (Å²) in [5.74, 6) is -0.925. The normalized spacial score (nSPS) is 10.7. The number of halogens is 1. The second kappa shape index (κ2) is 3.42. The van der Waals surface area contributed by atoms with Crippen molar-refractivity contribution in [3.8, 4) is 0 Å². The van der Waals surface area contributed by atoms with Gasteiger partial charge in [0.2, 0.25) is 0 Å². The first-order valence-corrected chi connectivity index (χ1v) is 4.58. The molecule has 0 unspecified atom stereocenters. The molecular weight excluding hydrogens is 271 g/mol. The maximum atomic E-state index is 10.6. The fourth-order valence-electron chi connectivity index (χ4n) is 0.778. The summed E-state index contributed by atoms with van der Waals surface area (Å²) >= 11 is 1.92. The lowest BCUT2D eigenvalue weighted by Crippen LogP contribution is -2.00. The number of rotatable bonds is 2. The summed E-state index contributed by atoms with van der Waals surface area (Å²) in [5, 5.41) is 12.8. The number of hydrogen-bond donors (Lipinski definition) is 1. The molecule has 0 aliphatic carbocycles. The van der Waals surface area contributed by atoms with Crippen LogP contribution in [0.1, 0.15) is 30.2 Å². The molecule has 5 heteroatoms. The number of aromatic nitrogens is 2. The van der Waals surface area contributed by atoms with E-state index in [0.717, 1.165) is 0 Å². The van der Waals surface area contributed by atoms with Gasteiger partial charge >= 0.3 is 5.97 Å². The lowest BCUT2D eigenvalue weighted by atomic mass is 10.3. The van der Waals surface area contributed by atoms with Crippen molar-refractivity contribution in [1.29, 1.82) is 0 Å². The largest absolute Gasteiger partial charge is 0.478 e. The van der Waals surface area contributed by atoms with Gasteiger partial charge < -0.3 is 5.11 Å². The molecule has 0 saturated heterocycles. The zero-order valence-electron chi connectivity index (χ0n) is 6.78. The number of aromatic carboxylic acids is 1. The minimum absolute atomic E-state index is 0.201. The SMILES string of the molecule is CC(C)n1cc(C(=O)O)c(I)n1. The molecule has 0 aliphatic heterocycles. The summed E-state index contributed by atoms with van der Waals surface area (Å²) in [7, 11) is 0. The van der Waals surface area contributed by atoms with E-state index in [4.69, 9.17) is 5.11 Å². The first-order valence-electron chi connectivity index (χ1n) is 3.50. The van der Waals surface area contributed by atoms with E-state index < -0.39 is 5.97 Å². The predicted octanol–water partition coefficient (Wildman–Crippen LogP) is 1.77. The molecular formula is C7H9IN2O2. The summed E-state index contributed by atoms with van der Waals surface area (Å²) in [5.41, 5.74) is 0.268. The Morgan fingerprint density at radius 2 is 2.33 bits per heavy atom. The molecule has 12 heavy (non-hydrogen) atoms. The average Bonchev–Trinajstić information content (AvgIpc) is 2.30. The molecule has 66 valence electrons. The lowest BCUT2D eigenvalue weighted by Gasteiger charge is -2.02. The third-order valence-electron chi connectivity index (χ3n) is 1.45. The predicted molar refractivity (Wildman–Crippen MR) is 52.3 cm³/mol. The van der Waals surface area contributed by atoms with Gasteiger partial charge in [-0.2, -0.15) is 5.10 Å². The Kier molecular flexibility index (Phi) is 2.71. The van der Waals surface area contributed by atoms with Gasteiger partial charge in [0.1, 0.15) is 9.26 Å². The van der Waals surface area contributed by atoms with Gasteiger partial charge in [-0.15, -0.1) is 0 Å². The van der Waals surface area contributed by atoms with Crippen LogP contribution in [0, 0.1) is 3.70 Å². The van der Waals surface area contributed by atoms with Crippen LogP contribution in [0.5, 0.6) is 0 Å². The van der Waals surface area contributed by atoms with Crippen LogP contribution in [-0.4, -0.2) is 20.9 Å². The minimum Gasteiger partial charge on any atom is -0.478 e. The highest BCUT2D eigenvalue weighted by molar-refractivity contribution is 14.1. The zero-order chi connectivity index (χ0) is 9.30. The molecule has 4 nitrogen and oxygen atoms in total. The van der Waals surface area contributed by atoms with Crippen LogP contribution < -0.4 is 0 Å². The number of carboxylic acids is 1. The van der Waals surface area contributed by atoms with Gasteiger partial charge in [-0.3, -0.25) is 4.68 Å². The summed E-state index contributed by atoms with van der Waals surface area (Å²) in [6.45, 7) is 3.91. The van der Waals surface area contributed by atoms with Gasteiger partial charge in [0.25, 0.3) is 0 Å². The Labute approximate surface area is 83.7 Å². The van der Waals surface area contributed by atoms with Crippen molar-refractivity contribution in [2.45, 2.75) is 19.9 Å². The minimum atomic E-state index is -0.925. The van der Waals surface area contributed by atoms with Gasteiger partial charge in [0.15, 0.2) is 0 Å². The molecule has 1 N–H and O–H groups in total. The van der Waals surface area contributed by atoms with Crippen molar-refractivity contribution in [2.24, 2.45) is 0 Å². The Hall–Kier alpha value is -0.590. The molecule has 1 aromatic rings. The second-order valence-electron chi connectivity index (χ2n) is 2.71. The van der Waals surface area contributed by atoms with Gasteiger partial charge in [0, 0.05) is 12.2 Å². The average molecular weight is 280 g/mol. The molecule has 1 rings (SSSR count). The van der Waals surface area contributed by atoms with E-state index in [1.165, 1.54) is 0 Å². The van der Waals surface area contributed by atoms with Crippen LogP contribution in [0.2, 0.25) is 0 Å². The van der Waals surface area contributed by atoms with E-state index in [1.807, 2.05) is 36.4 Å². The fraction of sp³-hybridized carbons (Fsp3) is 0.429. The molecule has 0 aromatic carbocycles. The van der Waals surface area contributed by atoms with Crippen LogP contribution in [0.4, 0.5) is 0 Å². The van der Waals surface area contributed by atoms with Crippen LogP contribution in [0.3, 0.4) is 0 Å². The summed E-state index contributed by atoms with van der Waals surface area (Å²) in [4.78, 5) is 10.6. The number of hydrogen-bond acceptors (Lipinski definition) is 2. The highest BCUT2D eigenvalue weighted by atomic mass is 127. The summed E-state index contributed by atoms with van der Waals surface area (Å²) < 4.78 is 2.18. The molecule has 0 atom stereocenters. The van der Waals surface area contributed by atoms with Crippen molar-refractivity contribution in [2.75, 3.05) is 0 Å². The first-order chi connectivity index (χ1) is 5.52. The zero-order valence-corrected chi connectivity index (χ0v) is 8.94. The molecule has 1 heterocycles. The Morgan fingerprint density at radius 3 is 2.58 bits per heavy atom. The van der Waals surface area contributed by atoms with Crippen molar-refractivity contribution < 1.29 is 9.90 Å². The molecule has 0 fully saturated rings. The van der Waals surface area contributed by atoms with E-state index in [2.05, 4.69) is 5.10 Å². The number of nitrogens with zero attached hydrogens (tertiary/aromatic N) is 2. The number of carbonyl (C=O) groups is 1. The Balaban J connectivity index is 3.09. The van der Waals surface area contributed by atoms with Gasteiger partial charge in [-0.25, -0.2) is 4.79 Å². The van der Waals surface area contributed by atoms with Gasteiger partial charge in [-0.1, -0.05) is 0 Å². The molecule has 0 spiro atoms. The highest BCUT2D eigenvalue weighted by Crippen LogP contribution is 2.12. The molecule has 0 amide bonds. The van der Waals surface area contributed by atoms with Crippen LogP contribution in [0.15, 0.2) is 6.20 Å². The highest BCUT2D eigenvalue weighted by Gasteiger charge is 2.13. The maximum Gasteiger partial charge on any atom is 0.340 e. The summed E-state index contributed by atoms with van der Waals surface area (Å²) in [6.07, 6.45) is 1.55. The van der Waals surface area contributed by atoms with Crippen molar-refractivity contribution in [3.05, 3.63) is 15.5 Å². The van der Waals surface area contributed by atoms with Crippen molar-refractivity contribution >= 4 is 28.6 Å². The fourth-order valence-corrected chi connectivity index (χ4v) is 1.40. The smallest absolute Gasteiger partial charge is 0.340 e. The van der Waals surface area contributed by atoms with Gasteiger partial charge in [0.05, 0.1) is 0 Å². The lowest BCUT2D eigenvalue weighted by molar-refractivity contribution is 0.0695. The van der Waals surface area contributed by atoms with E-state index in [0.29, 0.717) is 3.70 Å². The van der Waals surface area contributed by atoms with E-state index in [1.54, 1.807) is 10.9 Å². The molecule has 0 aliphatic rings. The monoisotopic (exact) mass is 280 g/mol. The van der Waals surface area contributed by atoms with Crippen molar-refractivity contribution in [3.63, 3.8) is 0 Å². The Bertz CT molecular complexity index is 306. The van der Waals surface area contributed by atoms with Crippen LogP contribution in [-0.2, 0) is 0 Å². The van der Waals surface area contributed by atoms with E-state index in [-0.39, 0.29) is 11.6 Å². The molecule has 0 saturated carbocycles. The quantitative estimate of drug-likeness (QED) is 0.840. The Morgan fingerprint density at radius 1 is 1.75 bits per heavy atom. The third-order valence-corrected chi connectivity index (χ3v) is 2.24. The van der Waals surface area contributed by atoms with Crippen LogP contribution in [0.25, 0.3) is 0 Å². The molecule has 0 radical (unpaired) electrons. The topological polar surface area (TPSA) is 55.1 Å². The summed E-state index contributed by atoms with van der Waals surface area (Å²) in [6, 6.07) is 0.201. The second-order valence-corrected chi connectivity index (χ2v) is 3.73. The van der Waals surface area contributed by atoms with Gasteiger partial charge in [-0.05, 0) is 36.4 Å². The van der Waals surface area contributed by atoms with E-state index in [9.17, 15) is 4.79 Å². The maximum absolute atomic E-state index is 10.6. The third kappa shape index (κ3) is 1.77. The molecule has 0 bridgehead atoms. The van der Waals surface area contributed by atoms with Crippen LogP contribution >= 0.6 is 22.6 Å². The standard InChI is InChI=1S/C7H9IN2O2/c1-4(2)10-3-5(7(11)12)6(8)9-10/h3-4H,1-2H3,(H,11,12). The first kappa shape index (κ1) is 9.50. The van der Waals surface area contributed by atoms with E-state index >= 15 is 0 Å². The molecule has 1 aromatic heterocycles.